The van der Waals surface area contributed by atoms with Crippen molar-refractivity contribution in [2.75, 3.05) is 7.05 Å². The van der Waals surface area contributed by atoms with Gasteiger partial charge in [0.05, 0.1) is 0 Å². The maximum Gasteiger partial charge on any atom is 0.129 e. The smallest absolute Gasteiger partial charge is 0.129 e. The molecule has 0 aliphatic rings. The van der Waals surface area contributed by atoms with Gasteiger partial charge in [0.25, 0.3) is 0 Å². The van der Waals surface area contributed by atoms with Gasteiger partial charge in [-0.1, -0.05) is 36.7 Å². The van der Waals surface area contributed by atoms with Crippen LogP contribution in [0, 0.1) is 5.82 Å². The predicted octanol–water partition coefficient (Wildman–Crippen LogP) is 4.10. The first kappa shape index (κ1) is 13.2. The quantitative estimate of drug-likeness (QED) is 0.766. The Labute approximate surface area is 101 Å². The van der Waals surface area contributed by atoms with Crippen LogP contribution in [-0.2, 0) is 0 Å². The van der Waals surface area contributed by atoms with Crippen LogP contribution >= 0.6 is 11.6 Å². The molecular weight excluding hydrogens is 225 g/mol. The number of hydrogen-bond acceptors (Lipinski definition) is 1. The van der Waals surface area contributed by atoms with E-state index in [1.807, 2.05) is 14.0 Å². The summed E-state index contributed by atoms with van der Waals surface area (Å²) in [4.78, 5) is 0. The monoisotopic (exact) mass is 241 g/mol. The van der Waals surface area contributed by atoms with Gasteiger partial charge in [-0.3, -0.25) is 0 Å². The Balaban J connectivity index is 2.90. The van der Waals surface area contributed by atoms with Crippen LogP contribution in [-0.4, -0.2) is 7.05 Å². The highest BCUT2D eigenvalue weighted by Gasteiger charge is 2.14. The van der Waals surface area contributed by atoms with Crippen LogP contribution < -0.4 is 5.32 Å². The van der Waals surface area contributed by atoms with E-state index in [1.165, 1.54) is 6.07 Å². The average Bonchev–Trinajstić information content (AvgIpc) is 2.26. The molecule has 16 heavy (non-hydrogen) atoms. The van der Waals surface area contributed by atoms with Gasteiger partial charge in [-0.15, -0.1) is 0 Å². The molecule has 1 nitrogen and oxygen atoms in total. The summed E-state index contributed by atoms with van der Waals surface area (Å²) >= 11 is 5.72. The van der Waals surface area contributed by atoms with Crippen molar-refractivity contribution in [1.29, 1.82) is 0 Å². The van der Waals surface area contributed by atoms with E-state index < -0.39 is 0 Å². The zero-order valence-corrected chi connectivity index (χ0v) is 10.4. The third-order valence-electron chi connectivity index (χ3n) is 2.68. The van der Waals surface area contributed by atoms with Crippen LogP contribution in [0.5, 0.6) is 0 Å². The van der Waals surface area contributed by atoms with Crippen molar-refractivity contribution in [2.24, 2.45) is 0 Å². The molecule has 1 atom stereocenters. The van der Waals surface area contributed by atoms with Gasteiger partial charge in [0.2, 0.25) is 0 Å². The van der Waals surface area contributed by atoms with Gasteiger partial charge in [0, 0.05) is 16.6 Å². The molecule has 0 aliphatic carbocycles. The van der Waals surface area contributed by atoms with Crippen molar-refractivity contribution in [3.8, 4) is 0 Å². The van der Waals surface area contributed by atoms with E-state index in [2.05, 4.69) is 11.9 Å². The van der Waals surface area contributed by atoms with Gasteiger partial charge in [-0.05, 0) is 32.0 Å². The summed E-state index contributed by atoms with van der Waals surface area (Å²) in [5, 5.41) is 3.52. The zero-order chi connectivity index (χ0) is 12.1. The van der Waals surface area contributed by atoms with E-state index in [9.17, 15) is 4.39 Å². The molecule has 0 aromatic heterocycles. The molecule has 88 valence electrons. The molecule has 0 spiro atoms. The fraction of sp³-hybridized carbons (Fsp3) is 0.385. The van der Waals surface area contributed by atoms with Crippen molar-refractivity contribution >= 4 is 11.6 Å². The lowest BCUT2D eigenvalue weighted by molar-refractivity contribution is 0.529. The van der Waals surface area contributed by atoms with Gasteiger partial charge < -0.3 is 5.32 Å². The molecule has 0 fully saturated rings. The zero-order valence-electron chi connectivity index (χ0n) is 9.69. The van der Waals surface area contributed by atoms with E-state index in [-0.39, 0.29) is 11.9 Å². The first-order valence-electron chi connectivity index (χ1n) is 5.37. The molecule has 0 amide bonds. The lowest BCUT2D eigenvalue weighted by Gasteiger charge is -2.18. The third-order valence-corrected chi connectivity index (χ3v) is 2.91. The molecule has 0 radical (unpaired) electrons. The first-order valence-corrected chi connectivity index (χ1v) is 5.75. The van der Waals surface area contributed by atoms with Crippen LogP contribution in [0.15, 0.2) is 30.4 Å². The third kappa shape index (κ3) is 3.32. The maximum atomic E-state index is 13.7. The number of hydrogen-bond donors (Lipinski definition) is 1. The molecule has 1 unspecified atom stereocenters. The van der Waals surface area contributed by atoms with E-state index >= 15 is 0 Å². The molecule has 0 saturated heterocycles. The Kier molecular flexibility index (Phi) is 4.97. The van der Waals surface area contributed by atoms with Crippen LogP contribution in [0.2, 0.25) is 5.02 Å². The molecule has 1 aromatic carbocycles. The summed E-state index contributed by atoms with van der Waals surface area (Å²) in [6.07, 6.45) is 1.65. The largest absolute Gasteiger partial charge is 0.313 e. The van der Waals surface area contributed by atoms with Crippen molar-refractivity contribution in [2.45, 2.75) is 25.8 Å². The molecule has 0 saturated carbocycles. The van der Waals surface area contributed by atoms with Gasteiger partial charge in [-0.25, -0.2) is 4.39 Å². The van der Waals surface area contributed by atoms with E-state index in [4.69, 9.17) is 11.6 Å². The molecule has 0 bridgehead atoms. The normalized spacial score (nSPS) is 12.5. The van der Waals surface area contributed by atoms with Crippen molar-refractivity contribution < 1.29 is 4.39 Å². The molecule has 1 aromatic rings. The van der Waals surface area contributed by atoms with E-state index in [0.29, 0.717) is 10.6 Å². The van der Waals surface area contributed by atoms with Crippen LogP contribution in [0.3, 0.4) is 0 Å². The second-order valence-electron chi connectivity index (χ2n) is 3.81. The highest BCUT2D eigenvalue weighted by Crippen LogP contribution is 2.25. The average molecular weight is 242 g/mol. The number of benzene rings is 1. The lowest BCUT2D eigenvalue weighted by Crippen LogP contribution is -2.18. The molecule has 0 heterocycles. The minimum Gasteiger partial charge on any atom is -0.313 e. The number of nitrogens with one attached hydrogen (secondary N) is 1. The summed E-state index contributed by atoms with van der Waals surface area (Å²) < 4.78 is 13.7. The van der Waals surface area contributed by atoms with E-state index in [1.54, 1.807) is 12.1 Å². The van der Waals surface area contributed by atoms with Crippen molar-refractivity contribution in [3.63, 3.8) is 0 Å². The van der Waals surface area contributed by atoms with Crippen LogP contribution in [0.1, 0.15) is 31.4 Å². The Bertz CT molecular complexity index is 376. The first-order chi connectivity index (χ1) is 7.58. The van der Waals surface area contributed by atoms with Gasteiger partial charge in [0.1, 0.15) is 5.82 Å². The summed E-state index contributed by atoms with van der Waals surface area (Å²) in [5.74, 6) is -0.268. The Morgan fingerprint density at radius 1 is 1.56 bits per heavy atom. The minimum atomic E-state index is -0.268. The van der Waals surface area contributed by atoms with Gasteiger partial charge >= 0.3 is 0 Å². The van der Waals surface area contributed by atoms with Gasteiger partial charge in [-0.2, -0.15) is 0 Å². The minimum absolute atomic E-state index is 0.0373. The summed E-state index contributed by atoms with van der Waals surface area (Å²) in [5.41, 5.74) is 1.75. The van der Waals surface area contributed by atoms with Crippen molar-refractivity contribution in [3.05, 3.63) is 46.8 Å². The van der Waals surface area contributed by atoms with Gasteiger partial charge in [0.15, 0.2) is 0 Å². The molecule has 1 N–H and O–H groups in total. The highest BCUT2D eigenvalue weighted by atomic mass is 35.5. The summed E-state index contributed by atoms with van der Waals surface area (Å²) in [6, 6.07) is 4.74. The van der Waals surface area contributed by atoms with E-state index in [0.717, 1.165) is 18.4 Å². The fourth-order valence-electron chi connectivity index (χ4n) is 1.58. The molecule has 1 rings (SSSR count). The molecule has 0 aliphatic heterocycles. The number of rotatable bonds is 5. The Morgan fingerprint density at radius 2 is 2.25 bits per heavy atom. The lowest BCUT2D eigenvalue weighted by atomic mass is 9.98. The Hall–Kier alpha value is -0.860. The predicted molar refractivity (Wildman–Crippen MR) is 67.3 cm³/mol. The Morgan fingerprint density at radius 3 is 2.75 bits per heavy atom. The summed E-state index contributed by atoms with van der Waals surface area (Å²) in [7, 11) is 1.82. The van der Waals surface area contributed by atoms with Crippen LogP contribution in [0.25, 0.3) is 0 Å². The molecular formula is C13H17ClFN. The highest BCUT2D eigenvalue weighted by molar-refractivity contribution is 6.30. The second-order valence-corrected chi connectivity index (χ2v) is 4.25. The second kappa shape index (κ2) is 6.02. The maximum absolute atomic E-state index is 13.7. The van der Waals surface area contributed by atoms with Crippen molar-refractivity contribution in [1.82, 2.24) is 5.32 Å². The SMILES string of the molecule is C=C(CC)CC(NC)c1ccc(Cl)cc1F. The number of halogens is 2. The topological polar surface area (TPSA) is 12.0 Å². The standard InChI is InChI=1S/C13H17ClFN/c1-4-9(2)7-13(16-3)11-6-5-10(14)8-12(11)15/h5-6,8,13,16H,2,4,7H2,1,3H3. The summed E-state index contributed by atoms with van der Waals surface area (Å²) in [6.45, 7) is 5.99. The molecule has 3 heteroatoms. The van der Waals surface area contributed by atoms with Crippen LogP contribution in [0.4, 0.5) is 4.39 Å². The fourth-order valence-corrected chi connectivity index (χ4v) is 1.74.